The van der Waals surface area contributed by atoms with Crippen LogP contribution in [0.5, 0.6) is 11.5 Å². The Labute approximate surface area is 189 Å². The van der Waals surface area contributed by atoms with Gasteiger partial charge >= 0.3 is 6.16 Å². The average molecular weight is 432 g/mol. The van der Waals surface area contributed by atoms with Gasteiger partial charge in [-0.3, -0.25) is 4.48 Å². The highest BCUT2D eigenvalue weighted by Crippen LogP contribution is 2.53. The van der Waals surface area contributed by atoms with Gasteiger partial charge in [-0.15, -0.1) is 0 Å². The molecule has 1 aromatic rings. The molecule has 0 saturated carbocycles. The average Bonchev–Trinajstić information content (AvgIpc) is 2.65. The van der Waals surface area contributed by atoms with E-state index in [-0.39, 0.29) is 25.7 Å². The molecule has 0 radical (unpaired) electrons. The minimum absolute atomic E-state index is 0. The normalized spacial score (nSPS) is 21.6. The van der Waals surface area contributed by atoms with E-state index in [0.717, 1.165) is 49.1 Å². The Hall–Kier alpha value is -2.01. The molecule has 0 saturated heterocycles. The Bertz CT molecular complexity index is 825. The van der Waals surface area contributed by atoms with Gasteiger partial charge in [0.15, 0.2) is 0 Å². The van der Waals surface area contributed by atoms with Crippen molar-refractivity contribution in [1.29, 1.82) is 0 Å². The first-order chi connectivity index (χ1) is 14.1. The number of nitrogens with zero attached hydrogens (tertiary/aromatic N) is 1. The fourth-order valence-electron chi connectivity index (χ4n) is 4.52. The van der Waals surface area contributed by atoms with Crippen molar-refractivity contribution in [2.24, 2.45) is 5.92 Å². The number of rotatable bonds is 6. The monoisotopic (exact) mass is 431 g/mol. The number of hydrogen-bond donors (Lipinski definition) is 0. The molecule has 31 heavy (non-hydrogen) atoms. The van der Waals surface area contributed by atoms with Crippen LogP contribution in [-0.4, -0.2) is 43.6 Å². The number of hydrogen-bond acceptors (Lipinski definition) is 4. The molecule has 0 amide bonds. The van der Waals surface area contributed by atoms with Gasteiger partial charge in [-0.05, 0) is 64.7 Å². The smallest absolute Gasteiger partial charge is 0.487 e. The summed E-state index contributed by atoms with van der Waals surface area (Å²) in [6, 6.07) is 4.13. The maximum absolute atomic E-state index is 12.6. The lowest BCUT2D eigenvalue weighted by Gasteiger charge is -2.46. The van der Waals surface area contributed by atoms with Crippen LogP contribution in [0.25, 0.3) is 0 Å². The quantitative estimate of drug-likeness (QED) is 0.133. The minimum Gasteiger partial charge on any atom is -0.487 e. The maximum Gasteiger partial charge on any atom is 0.518 e. The topological polar surface area (TPSA) is 44.8 Å². The van der Waals surface area contributed by atoms with Crippen LogP contribution < -0.4 is 9.47 Å². The van der Waals surface area contributed by atoms with Gasteiger partial charge in [-0.1, -0.05) is 25.0 Å². The summed E-state index contributed by atoms with van der Waals surface area (Å²) in [6.07, 6.45) is 5.77. The molecule has 5 nitrogen and oxygen atoms in total. The summed E-state index contributed by atoms with van der Waals surface area (Å²) < 4.78 is 18.3. The number of quaternary nitrogens is 1. The van der Waals surface area contributed by atoms with Crippen molar-refractivity contribution < 1.29 is 23.5 Å². The zero-order valence-electron chi connectivity index (χ0n) is 20.7. The third kappa shape index (κ3) is 5.62. The molecule has 5 heteroatoms. The van der Waals surface area contributed by atoms with Crippen molar-refractivity contribution in [3.8, 4) is 11.5 Å². The molecule has 0 bridgehead atoms. The molecular weight excluding hydrogens is 390 g/mol. The summed E-state index contributed by atoms with van der Waals surface area (Å²) in [5.41, 5.74) is 3.22. The van der Waals surface area contributed by atoms with Crippen LogP contribution in [0.2, 0.25) is 0 Å². The molecule has 1 heterocycles. The second-order valence-corrected chi connectivity index (χ2v) is 10.0. The lowest BCUT2D eigenvalue weighted by atomic mass is 9.68. The van der Waals surface area contributed by atoms with Gasteiger partial charge in [0.05, 0.1) is 20.6 Å². The largest absolute Gasteiger partial charge is 0.518 e. The van der Waals surface area contributed by atoms with E-state index in [9.17, 15) is 4.79 Å². The van der Waals surface area contributed by atoms with Crippen molar-refractivity contribution in [3.63, 3.8) is 0 Å². The molecule has 2 aliphatic rings. The van der Waals surface area contributed by atoms with Gasteiger partial charge in [0, 0.05) is 17.4 Å². The zero-order chi connectivity index (χ0) is 22.1. The summed E-state index contributed by atoms with van der Waals surface area (Å²) in [5, 5.41) is 0. The summed E-state index contributed by atoms with van der Waals surface area (Å²) in [6.45, 7) is 11.9. The molecule has 174 valence electrons. The van der Waals surface area contributed by atoms with E-state index in [0.29, 0.717) is 16.2 Å². The van der Waals surface area contributed by atoms with Crippen LogP contribution in [0, 0.1) is 13.3 Å². The van der Waals surface area contributed by atoms with Gasteiger partial charge in [-0.25, -0.2) is 4.79 Å². The van der Waals surface area contributed by atoms with Gasteiger partial charge in [-0.2, -0.15) is 0 Å². The van der Waals surface area contributed by atoms with Crippen molar-refractivity contribution in [2.45, 2.75) is 71.8 Å². The number of allylic oxidation sites excluding steroid dienone is 2. The molecule has 0 N–H and O–H groups in total. The maximum atomic E-state index is 12.6. The summed E-state index contributed by atoms with van der Waals surface area (Å²) in [4.78, 5) is 12.6. The zero-order valence-corrected chi connectivity index (χ0v) is 20.7. The highest BCUT2D eigenvalue weighted by atomic mass is 16.7. The van der Waals surface area contributed by atoms with E-state index in [1.54, 1.807) is 0 Å². The van der Waals surface area contributed by atoms with E-state index in [4.69, 9.17) is 14.2 Å². The molecule has 2 atom stereocenters. The van der Waals surface area contributed by atoms with Crippen LogP contribution in [-0.2, 0) is 11.2 Å². The molecular formula is C26H41NO4. The van der Waals surface area contributed by atoms with E-state index in [1.807, 2.05) is 20.2 Å². The molecule has 1 aliphatic carbocycles. The van der Waals surface area contributed by atoms with Crippen LogP contribution >= 0.6 is 0 Å². The van der Waals surface area contributed by atoms with E-state index in [2.05, 4.69) is 46.8 Å². The predicted molar refractivity (Wildman–Crippen MR) is 125 cm³/mol. The third-order valence-electron chi connectivity index (χ3n) is 6.63. The fraction of sp³-hybridized carbons (Fsp3) is 0.615. The Morgan fingerprint density at radius 3 is 2.61 bits per heavy atom. The SMILES string of the molecule is CCCc1cc(OC(=O)OC[N+](C)(C)CC)c2c(c1)OC(C)(C)C1CCC(C)=CC21.[CH3-]. The summed E-state index contributed by atoms with van der Waals surface area (Å²) in [7, 11) is 4.04. The first kappa shape index (κ1) is 25.3. The van der Waals surface area contributed by atoms with E-state index < -0.39 is 6.16 Å². The van der Waals surface area contributed by atoms with Crippen molar-refractivity contribution >= 4 is 6.16 Å². The first-order valence-corrected chi connectivity index (χ1v) is 11.3. The van der Waals surface area contributed by atoms with E-state index in [1.165, 1.54) is 5.57 Å². The van der Waals surface area contributed by atoms with Crippen molar-refractivity contribution in [1.82, 2.24) is 0 Å². The Balaban J connectivity index is 0.00000341. The van der Waals surface area contributed by atoms with Gasteiger partial charge < -0.3 is 21.6 Å². The second kappa shape index (κ2) is 9.64. The minimum atomic E-state index is -0.650. The molecule has 0 spiro atoms. The molecule has 3 rings (SSSR count). The van der Waals surface area contributed by atoms with Crippen LogP contribution in [0.4, 0.5) is 4.79 Å². The summed E-state index contributed by atoms with van der Waals surface area (Å²) in [5.74, 6) is 1.95. The predicted octanol–water partition coefficient (Wildman–Crippen LogP) is 6.27. The van der Waals surface area contributed by atoms with Gasteiger partial charge in [0.25, 0.3) is 0 Å². The Morgan fingerprint density at radius 2 is 1.97 bits per heavy atom. The number of fused-ring (bicyclic) bond motifs is 3. The molecule has 1 aliphatic heterocycles. The molecule has 2 unspecified atom stereocenters. The Kier molecular flexibility index (Phi) is 7.85. The number of ether oxygens (including phenoxy) is 3. The van der Waals surface area contributed by atoms with Crippen LogP contribution in [0.1, 0.15) is 70.9 Å². The fourth-order valence-corrected chi connectivity index (χ4v) is 4.52. The first-order valence-electron chi connectivity index (χ1n) is 11.3. The van der Waals surface area contributed by atoms with Gasteiger partial charge in [0.1, 0.15) is 17.1 Å². The van der Waals surface area contributed by atoms with Gasteiger partial charge in [0.2, 0.25) is 6.73 Å². The third-order valence-corrected chi connectivity index (χ3v) is 6.63. The lowest BCUT2D eigenvalue weighted by molar-refractivity contribution is -0.905. The number of carbonyl (C=O) groups excluding carboxylic acids is 1. The Morgan fingerprint density at radius 1 is 1.26 bits per heavy atom. The number of aryl methyl sites for hydroxylation is 1. The molecule has 0 aromatic heterocycles. The molecule has 0 fully saturated rings. The highest BCUT2D eigenvalue weighted by molar-refractivity contribution is 5.67. The second-order valence-electron chi connectivity index (χ2n) is 10.0. The van der Waals surface area contributed by atoms with Crippen LogP contribution in [0.3, 0.4) is 0 Å². The summed E-state index contributed by atoms with van der Waals surface area (Å²) >= 11 is 0. The molecule has 1 aromatic carbocycles. The van der Waals surface area contributed by atoms with Crippen LogP contribution in [0.15, 0.2) is 23.8 Å². The highest BCUT2D eigenvalue weighted by Gasteiger charge is 2.45. The van der Waals surface area contributed by atoms with E-state index >= 15 is 0 Å². The lowest BCUT2D eigenvalue weighted by Crippen LogP contribution is -2.45. The standard InChI is InChI=1S/C25H38NO4.CH3/c1-8-10-18-14-21(29-24(27)28-16-26(6,7)9-2)23-19-13-17(3)11-12-20(19)25(4,5)30-22(23)15-18;/h13-15,19-20H,8-12,16H2,1-7H3;1H3/q+1;-1. The van der Waals surface area contributed by atoms with Crippen molar-refractivity contribution in [2.75, 3.05) is 27.4 Å². The van der Waals surface area contributed by atoms with Crippen molar-refractivity contribution in [3.05, 3.63) is 42.3 Å². The number of benzene rings is 1. The number of carbonyl (C=O) groups is 1.